The number of methoxy groups -OCH3 is 1. The number of ether oxygens (including phenoxy) is 2. The van der Waals surface area contributed by atoms with Gasteiger partial charge >= 0.3 is 0 Å². The first-order chi connectivity index (χ1) is 10.1. The average molecular weight is 291 g/mol. The highest BCUT2D eigenvalue weighted by atomic mass is 16.5. The number of rotatable bonds is 6. The molecule has 2 rings (SSSR count). The van der Waals surface area contributed by atoms with Gasteiger partial charge in [0.25, 0.3) is 5.91 Å². The van der Waals surface area contributed by atoms with Crippen molar-refractivity contribution in [3.8, 4) is 0 Å². The molecule has 1 heterocycles. The summed E-state index contributed by atoms with van der Waals surface area (Å²) in [6.45, 7) is 7.62. The molecule has 0 N–H and O–H groups in total. The minimum Gasteiger partial charge on any atom is -0.382 e. The molecule has 0 bridgehead atoms. The number of benzene rings is 1. The number of amides is 1. The Morgan fingerprint density at radius 1 is 1.33 bits per heavy atom. The van der Waals surface area contributed by atoms with Gasteiger partial charge in [0.2, 0.25) is 0 Å². The number of carbonyl (C=O) groups is 1. The van der Waals surface area contributed by atoms with Crippen molar-refractivity contribution in [2.24, 2.45) is 5.92 Å². The molecular formula is C17H25NO3. The molecule has 0 radical (unpaired) electrons. The van der Waals surface area contributed by atoms with Gasteiger partial charge in [0.15, 0.2) is 0 Å². The van der Waals surface area contributed by atoms with Gasteiger partial charge in [0.1, 0.15) is 0 Å². The molecule has 1 aromatic rings. The standard InChI is InChI=1S/C17H25NO3/c1-13-4-5-16(14(2)10-13)17(19)18-7-6-15(11-18)12-21-9-8-20-3/h4-5,10,15H,6-9,11-12H2,1-3H3/t15-/m0/s1. The highest BCUT2D eigenvalue weighted by molar-refractivity contribution is 5.95. The Balaban J connectivity index is 1.87. The lowest BCUT2D eigenvalue weighted by atomic mass is 10.0. The predicted molar refractivity (Wildman–Crippen MR) is 82.6 cm³/mol. The first-order valence-electron chi connectivity index (χ1n) is 7.55. The van der Waals surface area contributed by atoms with E-state index in [1.807, 2.05) is 30.9 Å². The van der Waals surface area contributed by atoms with Crippen molar-refractivity contribution in [3.63, 3.8) is 0 Å². The molecule has 0 aliphatic carbocycles. The zero-order chi connectivity index (χ0) is 15.2. The van der Waals surface area contributed by atoms with Crippen LogP contribution in [0.15, 0.2) is 18.2 Å². The van der Waals surface area contributed by atoms with E-state index in [1.54, 1.807) is 7.11 Å². The summed E-state index contributed by atoms with van der Waals surface area (Å²) >= 11 is 0. The van der Waals surface area contributed by atoms with Crippen molar-refractivity contribution < 1.29 is 14.3 Å². The van der Waals surface area contributed by atoms with E-state index in [9.17, 15) is 4.79 Å². The van der Waals surface area contributed by atoms with Crippen LogP contribution >= 0.6 is 0 Å². The first-order valence-corrected chi connectivity index (χ1v) is 7.55. The third kappa shape index (κ3) is 4.29. The van der Waals surface area contributed by atoms with Crippen LogP contribution in [-0.2, 0) is 9.47 Å². The van der Waals surface area contributed by atoms with Crippen molar-refractivity contribution in [3.05, 3.63) is 34.9 Å². The fraction of sp³-hybridized carbons (Fsp3) is 0.588. The highest BCUT2D eigenvalue weighted by Crippen LogP contribution is 2.21. The lowest BCUT2D eigenvalue weighted by Gasteiger charge is -2.18. The molecule has 0 unspecified atom stereocenters. The van der Waals surface area contributed by atoms with E-state index in [4.69, 9.17) is 9.47 Å². The maximum atomic E-state index is 12.6. The monoisotopic (exact) mass is 291 g/mol. The van der Waals surface area contributed by atoms with Gasteiger partial charge in [-0.25, -0.2) is 0 Å². The third-order valence-corrected chi connectivity index (χ3v) is 3.97. The summed E-state index contributed by atoms with van der Waals surface area (Å²) in [5, 5.41) is 0. The molecule has 1 atom stereocenters. The minimum absolute atomic E-state index is 0.145. The Kier molecular flexibility index (Phi) is 5.76. The Morgan fingerprint density at radius 2 is 2.14 bits per heavy atom. The van der Waals surface area contributed by atoms with Crippen LogP contribution in [0.1, 0.15) is 27.9 Å². The van der Waals surface area contributed by atoms with Crippen LogP contribution in [0.5, 0.6) is 0 Å². The molecule has 0 saturated carbocycles. The van der Waals surface area contributed by atoms with Crippen LogP contribution in [0, 0.1) is 19.8 Å². The van der Waals surface area contributed by atoms with Crippen molar-refractivity contribution in [2.75, 3.05) is 40.0 Å². The molecule has 4 nitrogen and oxygen atoms in total. The lowest BCUT2D eigenvalue weighted by molar-refractivity contribution is 0.0515. The maximum absolute atomic E-state index is 12.6. The number of hydrogen-bond acceptors (Lipinski definition) is 3. The minimum atomic E-state index is 0.145. The Hall–Kier alpha value is -1.39. The molecule has 4 heteroatoms. The molecule has 1 fully saturated rings. The second-order valence-electron chi connectivity index (χ2n) is 5.79. The van der Waals surface area contributed by atoms with Crippen LogP contribution < -0.4 is 0 Å². The van der Waals surface area contributed by atoms with Gasteiger partial charge in [-0.1, -0.05) is 17.7 Å². The van der Waals surface area contributed by atoms with E-state index < -0.39 is 0 Å². The largest absolute Gasteiger partial charge is 0.382 e. The predicted octanol–water partition coefficient (Wildman–Crippen LogP) is 2.43. The van der Waals surface area contributed by atoms with E-state index >= 15 is 0 Å². The van der Waals surface area contributed by atoms with Crippen LogP contribution in [-0.4, -0.2) is 50.8 Å². The Labute approximate surface area is 127 Å². The number of nitrogens with zero attached hydrogens (tertiary/aromatic N) is 1. The van der Waals surface area contributed by atoms with Gasteiger partial charge in [0, 0.05) is 31.7 Å². The van der Waals surface area contributed by atoms with Crippen molar-refractivity contribution in [1.82, 2.24) is 4.90 Å². The Bertz CT molecular complexity index is 487. The van der Waals surface area contributed by atoms with E-state index in [0.717, 1.165) is 30.6 Å². The van der Waals surface area contributed by atoms with E-state index in [-0.39, 0.29) is 5.91 Å². The molecule has 0 aromatic heterocycles. The van der Waals surface area contributed by atoms with Gasteiger partial charge in [0.05, 0.1) is 19.8 Å². The fourth-order valence-electron chi connectivity index (χ4n) is 2.77. The molecule has 1 aromatic carbocycles. The summed E-state index contributed by atoms with van der Waals surface area (Å²) in [4.78, 5) is 14.5. The van der Waals surface area contributed by atoms with Crippen molar-refractivity contribution in [2.45, 2.75) is 20.3 Å². The van der Waals surface area contributed by atoms with Crippen LogP contribution in [0.4, 0.5) is 0 Å². The van der Waals surface area contributed by atoms with Crippen LogP contribution in [0.2, 0.25) is 0 Å². The number of aryl methyl sites for hydroxylation is 2. The van der Waals surface area contributed by atoms with Crippen LogP contribution in [0.25, 0.3) is 0 Å². The van der Waals surface area contributed by atoms with Crippen molar-refractivity contribution in [1.29, 1.82) is 0 Å². The van der Waals surface area contributed by atoms with Crippen LogP contribution in [0.3, 0.4) is 0 Å². The molecule has 21 heavy (non-hydrogen) atoms. The topological polar surface area (TPSA) is 38.8 Å². The lowest BCUT2D eigenvalue weighted by Crippen LogP contribution is -2.30. The number of likely N-dealkylation sites (tertiary alicyclic amines) is 1. The van der Waals surface area contributed by atoms with Gasteiger partial charge in [-0.3, -0.25) is 4.79 Å². The van der Waals surface area contributed by atoms with Gasteiger partial charge in [-0.05, 0) is 31.9 Å². The summed E-state index contributed by atoms with van der Waals surface area (Å²) in [5.41, 5.74) is 3.07. The summed E-state index contributed by atoms with van der Waals surface area (Å²) < 4.78 is 10.5. The molecule has 1 aliphatic heterocycles. The fourth-order valence-corrected chi connectivity index (χ4v) is 2.77. The number of hydrogen-bond donors (Lipinski definition) is 0. The average Bonchev–Trinajstić information content (AvgIpc) is 2.92. The summed E-state index contributed by atoms with van der Waals surface area (Å²) in [5.74, 6) is 0.587. The highest BCUT2D eigenvalue weighted by Gasteiger charge is 2.27. The van der Waals surface area contributed by atoms with Gasteiger partial charge in [-0.2, -0.15) is 0 Å². The van der Waals surface area contributed by atoms with Gasteiger partial charge in [-0.15, -0.1) is 0 Å². The summed E-state index contributed by atoms with van der Waals surface area (Å²) in [6, 6.07) is 6.01. The second-order valence-corrected chi connectivity index (χ2v) is 5.79. The number of carbonyl (C=O) groups excluding carboxylic acids is 1. The smallest absolute Gasteiger partial charge is 0.254 e. The summed E-state index contributed by atoms with van der Waals surface area (Å²) in [7, 11) is 1.67. The van der Waals surface area contributed by atoms with E-state index in [0.29, 0.717) is 25.7 Å². The van der Waals surface area contributed by atoms with E-state index in [1.165, 1.54) is 5.56 Å². The second kappa shape index (κ2) is 7.57. The molecule has 1 amide bonds. The SMILES string of the molecule is COCCOC[C@H]1CCN(C(=O)c2ccc(C)cc2C)C1. The molecule has 116 valence electrons. The molecule has 1 saturated heterocycles. The quantitative estimate of drug-likeness (QED) is 0.756. The zero-order valence-corrected chi connectivity index (χ0v) is 13.2. The third-order valence-electron chi connectivity index (χ3n) is 3.97. The molecular weight excluding hydrogens is 266 g/mol. The summed E-state index contributed by atoms with van der Waals surface area (Å²) in [6.07, 6.45) is 1.02. The molecule has 1 aliphatic rings. The van der Waals surface area contributed by atoms with Gasteiger partial charge < -0.3 is 14.4 Å². The zero-order valence-electron chi connectivity index (χ0n) is 13.2. The van der Waals surface area contributed by atoms with Crippen molar-refractivity contribution >= 4 is 5.91 Å². The Morgan fingerprint density at radius 3 is 2.86 bits per heavy atom. The van der Waals surface area contributed by atoms with E-state index in [2.05, 4.69) is 6.07 Å². The first kappa shape index (κ1) is 16.0. The molecule has 0 spiro atoms. The normalized spacial score (nSPS) is 18.2. The maximum Gasteiger partial charge on any atom is 0.254 e.